The van der Waals surface area contributed by atoms with Crippen LogP contribution in [0, 0.1) is 0 Å². The minimum atomic E-state index is 0.688. The molecular formula is C16H18N4. The van der Waals surface area contributed by atoms with Crippen molar-refractivity contribution in [3.63, 3.8) is 0 Å². The minimum Gasteiger partial charge on any atom is -0.346 e. The number of aromatic nitrogens is 4. The van der Waals surface area contributed by atoms with Crippen LogP contribution in [0.1, 0.15) is 43.6 Å². The fourth-order valence-electron chi connectivity index (χ4n) is 3.32. The van der Waals surface area contributed by atoms with Crippen LogP contribution in [0.25, 0.3) is 22.2 Å². The van der Waals surface area contributed by atoms with Crippen molar-refractivity contribution in [2.45, 2.75) is 38.0 Å². The van der Waals surface area contributed by atoms with Crippen LogP contribution in [0.2, 0.25) is 0 Å². The van der Waals surface area contributed by atoms with Gasteiger partial charge in [0.2, 0.25) is 0 Å². The molecule has 0 atom stereocenters. The first-order valence-electron chi connectivity index (χ1n) is 7.38. The first-order chi connectivity index (χ1) is 9.92. The summed E-state index contributed by atoms with van der Waals surface area (Å²) in [6.45, 7) is 0. The van der Waals surface area contributed by atoms with Crippen LogP contribution in [-0.2, 0) is 0 Å². The maximum Gasteiger partial charge on any atom is 0.137 e. The maximum atomic E-state index is 4.60. The van der Waals surface area contributed by atoms with Gasteiger partial charge in [0.25, 0.3) is 0 Å². The largest absolute Gasteiger partial charge is 0.346 e. The molecule has 0 aliphatic heterocycles. The van der Waals surface area contributed by atoms with E-state index < -0.39 is 0 Å². The number of aromatic amines is 2. The lowest BCUT2D eigenvalue weighted by Gasteiger charge is -2.21. The molecule has 4 rings (SSSR count). The summed E-state index contributed by atoms with van der Waals surface area (Å²) in [5, 5.41) is 8.12. The molecule has 3 aromatic rings. The van der Waals surface area contributed by atoms with E-state index in [0.717, 1.165) is 11.2 Å². The molecule has 2 N–H and O–H groups in total. The Labute approximate surface area is 117 Å². The Hall–Kier alpha value is -2.10. The Morgan fingerprint density at radius 2 is 1.95 bits per heavy atom. The lowest BCUT2D eigenvalue weighted by Crippen LogP contribution is -2.04. The normalized spacial score (nSPS) is 16.8. The van der Waals surface area contributed by atoms with Crippen molar-refractivity contribution in [2.24, 2.45) is 0 Å². The molecule has 0 spiro atoms. The molecule has 0 unspecified atom stereocenters. The van der Waals surface area contributed by atoms with Crippen molar-refractivity contribution in [2.75, 3.05) is 0 Å². The van der Waals surface area contributed by atoms with Gasteiger partial charge < -0.3 is 4.98 Å². The van der Waals surface area contributed by atoms with Gasteiger partial charge in [-0.1, -0.05) is 19.3 Å². The van der Waals surface area contributed by atoms with Crippen molar-refractivity contribution >= 4 is 11.0 Å². The van der Waals surface area contributed by atoms with Gasteiger partial charge in [-0.3, -0.25) is 5.10 Å². The maximum absolute atomic E-state index is 4.60. The third-order valence-electron chi connectivity index (χ3n) is 4.44. The summed E-state index contributed by atoms with van der Waals surface area (Å²) >= 11 is 0. The molecule has 3 heterocycles. The molecule has 0 radical (unpaired) electrons. The van der Waals surface area contributed by atoms with E-state index in [-0.39, 0.29) is 0 Å². The van der Waals surface area contributed by atoms with Gasteiger partial charge in [0.05, 0.1) is 6.20 Å². The second-order valence-corrected chi connectivity index (χ2v) is 5.69. The Bertz CT molecular complexity index is 705. The number of rotatable bonds is 2. The number of fused-ring (bicyclic) bond motifs is 1. The van der Waals surface area contributed by atoms with Crippen molar-refractivity contribution < 1.29 is 0 Å². The summed E-state index contributed by atoms with van der Waals surface area (Å²) < 4.78 is 0. The summed E-state index contributed by atoms with van der Waals surface area (Å²) in [5.74, 6) is 0.688. The highest BCUT2D eigenvalue weighted by atomic mass is 15.1. The Kier molecular flexibility index (Phi) is 2.80. The molecule has 1 aliphatic rings. The number of nitrogens with zero attached hydrogens (tertiary/aromatic N) is 2. The molecule has 1 aliphatic carbocycles. The molecule has 20 heavy (non-hydrogen) atoms. The first-order valence-corrected chi connectivity index (χ1v) is 7.38. The van der Waals surface area contributed by atoms with E-state index in [0.29, 0.717) is 5.92 Å². The molecule has 1 fully saturated rings. The fraction of sp³-hybridized carbons (Fsp3) is 0.375. The number of pyridine rings is 1. The van der Waals surface area contributed by atoms with Crippen LogP contribution < -0.4 is 0 Å². The first kappa shape index (κ1) is 11.7. The van der Waals surface area contributed by atoms with Crippen molar-refractivity contribution in [3.05, 3.63) is 36.4 Å². The van der Waals surface area contributed by atoms with Gasteiger partial charge in [-0.15, -0.1) is 0 Å². The van der Waals surface area contributed by atoms with Crippen molar-refractivity contribution in [1.82, 2.24) is 20.2 Å². The van der Waals surface area contributed by atoms with E-state index >= 15 is 0 Å². The molecule has 102 valence electrons. The molecule has 0 amide bonds. The Morgan fingerprint density at radius 1 is 1.05 bits per heavy atom. The summed E-state index contributed by atoms with van der Waals surface area (Å²) in [6, 6.07) is 2.32. The smallest absolute Gasteiger partial charge is 0.137 e. The Balaban J connectivity index is 1.79. The lowest BCUT2D eigenvalue weighted by molar-refractivity contribution is 0.443. The SMILES string of the molecule is c1n[nH]cc1-c1c[nH]c2ncc(C3CCCCC3)cc12. The van der Waals surface area contributed by atoms with E-state index in [2.05, 4.69) is 26.2 Å². The second kappa shape index (κ2) is 4.78. The summed E-state index contributed by atoms with van der Waals surface area (Å²) in [6.07, 6.45) is 14.6. The minimum absolute atomic E-state index is 0.688. The summed E-state index contributed by atoms with van der Waals surface area (Å²) in [5.41, 5.74) is 4.64. The number of H-pyrrole nitrogens is 2. The summed E-state index contributed by atoms with van der Waals surface area (Å²) in [7, 11) is 0. The second-order valence-electron chi connectivity index (χ2n) is 5.69. The standard InChI is InChI=1S/C16H18N4/c1-2-4-11(5-3-1)12-6-14-15(13-8-19-20-9-13)10-18-16(14)17-7-12/h6-11H,1-5H2,(H,17,18)(H,19,20). The highest BCUT2D eigenvalue weighted by Crippen LogP contribution is 2.35. The highest BCUT2D eigenvalue weighted by molar-refractivity contribution is 5.93. The fourth-order valence-corrected chi connectivity index (χ4v) is 3.32. The van der Waals surface area contributed by atoms with Crippen LogP contribution in [0.5, 0.6) is 0 Å². The van der Waals surface area contributed by atoms with Crippen molar-refractivity contribution in [1.29, 1.82) is 0 Å². The number of hydrogen-bond acceptors (Lipinski definition) is 2. The zero-order chi connectivity index (χ0) is 13.4. The molecule has 3 aromatic heterocycles. The molecule has 0 bridgehead atoms. The zero-order valence-corrected chi connectivity index (χ0v) is 11.4. The van der Waals surface area contributed by atoms with E-state index in [9.17, 15) is 0 Å². The van der Waals surface area contributed by atoms with Crippen LogP contribution in [0.15, 0.2) is 30.9 Å². The van der Waals surface area contributed by atoms with Crippen LogP contribution in [0.4, 0.5) is 0 Å². The predicted molar refractivity (Wildman–Crippen MR) is 79.5 cm³/mol. The van der Waals surface area contributed by atoms with Gasteiger partial charge >= 0.3 is 0 Å². The van der Waals surface area contributed by atoms with Gasteiger partial charge in [0, 0.05) is 35.1 Å². The third kappa shape index (κ3) is 1.92. The van der Waals surface area contributed by atoms with E-state index in [1.807, 2.05) is 24.8 Å². The van der Waals surface area contributed by atoms with E-state index in [1.165, 1.54) is 48.6 Å². The molecular weight excluding hydrogens is 248 g/mol. The van der Waals surface area contributed by atoms with E-state index in [1.54, 1.807) is 0 Å². The number of hydrogen-bond donors (Lipinski definition) is 2. The lowest BCUT2D eigenvalue weighted by atomic mass is 9.84. The van der Waals surface area contributed by atoms with Crippen LogP contribution in [0.3, 0.4) is 0 Å². The molecule has 4 nitrogen and oxygen atoms in total. The van der Waals surface area contributed by atoms with Crippen LogP contribution >= 0.6 is 0 Å². The quantitative estimate of drug-likeness (QED) is 0.736. The monoisotopic (exact) mass is 266 g/mol. The van der Waals surface area contributed by atoms with Gasteiger partial charge in [0.1, 0.15) is 5.65 Å². The zero-order valence-electron chi connectivity index (χ0n) is 11.4. The molecule has 1 saturated carbocycles. The predicted octanol–water partition coefficient (Wildman–Crippen LogP) is 4.00. The molecule has 4 heteroatoms. The average molecular weight is 266 g/mol. The summed E-state index contributed by atoms with van der Waals surface area (Å²) in [4.78, 5) is 7.85. The molecule has 0 aromatic carbocycles. The average Bonchev–Trinajstić information content (AvgIpc) is 3.16. The van der Waals surface area contributed by atoms with Gasteiger partial charge in [0.15, 0.2) is 0 Å². The highest BCUT2D eigenvalue weighted by Gasteiger charge is 2.17. The Morgan fingerprint density at radius 3 is 2.75 bits per heavy atom. The van der Waals surface area contributed by atoms with Gasteiger partial charge in [-0.05, 0) is 30.4 Å². The molecule has 0 saturated heterocycles. The van der Waals surface area contributed by atoms with Crippen LogP contribution in [-0.4, -0.2) is 20.2 Å². The van der Waals surface area contributed by atoms with Crippen molar-refractivity contribution in [3.8, 4) is 11.1 Å². The third-order valence-corrected chi connectivity index (χ3v) is 4.44. The topological polar surface area (TPSA) is 57.4 Å². The van der Waals surface area contributed by atoms with Gasteiger partial charge in [-0.2, -0.15) is 5.10 Å². The number of nitrogens with one attached hydrogen (secondary N) is 2. The van der Waals surface area contributed by atoms with Gasteiger partial charge in [-0.25, -0.2) is 4.98 Å². The van der Waals surface area contributed by atoms with E-state index in [4.69, 9.17) is 0 Å².